The standard InChI is InChI=1S/C41H41ClN6O5Si/c1-26-38(54(2,3)52)37(18-19-46-24-35(44-45-46)33(25-49)28-11-5-4-6-12-28)53-41(26)34-21-30(42)16-17-36(34)47(40(41)51)23-27-10-9-14-31(20-27)48-39(50)32-15-8-7-13-29(32)22-43-48/h4-17,20-22,24,26,33,37-38,49,52H,18-19,23,25H2,1-3H3/t26-,33?,37+,38-,41+/m0/s1. The summed E-state index contributed by atoms with van der Waals surface area (Å²) in [6.45, 7) is 6.33. The molecule has 2 N–H and O–H groups in total. The highest BCUT2D eigenvalue weighted by atomic mass is 35.5. The molecule has 1 unspecified atom stereocenters. The minimum Gasteiger partial charge on any atom is -0.432 e. The van der Waals surface area contributed by atoms with Gasteiger partial charge in [0, 0.05) is 40.2 Å². The maximum Gasteiger partial charge on any atom is 0.279 e. The lowest BCUT2D eigenvalue weighted by Gasteiger charge is -2.32. The molecule has 54 heavy (non-hydrogen) atoms. The molecule has 1 saturated heterocycles. The number of hydrogen-bond donors (Lipinski definition) is 2. The second kappa shape index (κ2) is 14.0. The van der Waals surface area contributed by atoms with Crippen LogP contribution in [0.5, 0.6) is 0 Å². The number of fused-ring (bicyclic) bond motifs is 3. The van der Waals surface area contributed by atoms with Crippen molar-refractivity contribution in [2.75, 3.05) is 11.5 Å². The van der Waals surface area contributed by atoms with Crippen LogP contribution in [0.25, 0.3) is 16.5 Å². The normalized spacial score (nSPS) is 21.6. The van der Waals surface area contributed by atoms with E-state index in [2.05, 4.69) is 15.4 Å². The van der Waals surface area contributed by atoms with Crippen molar-refractivity contribution in [3.63, 3.8) is 0 Å². The number of benzene rings is 4. The highest BCUT2D eigenvalue weighted by Crippen LogP contribution is 2.60. The van der Waals surface area contributed by atoms with E-state index in [9.17, 15) is 19.5 Å². The van der Waals surface area contributed by atoms with Gasteiger partial charge in [-0.1, -0.05) is 84.4 Å². The Morgan fingerprint density at radius 1 is 0.981 bits per heavy atom. The smallest absolute Gasteiger partial charge is 0.279 e. The number of carbonyl (C=O) groups excluding carboxylic acids is 1. The Labute approximate surface area is 318 Å². The van der Waals surface area contributed by atoms with E-state index in [1.54, 1.807) is 27.9 Å². The minimum atomic E-state index is -2.92. The average Bonchev–Trinajstić information content (AvgIpc) is 3.82. The third-order valence-electron chi connectivity index (χ3n) is 11.1. The molecule has 8 rings (SSSR count). The number of amides is 1. The highest BCUT2D eigenvalue weighted by Gasteiger charge is 2.66. The number of rotatable bonds is 10. The first-order chi connectivity index (χ1) is 26.0. The van der Waals surface area contributed by atoms with Crippen molar-refractivity contribution in [1.82, 2.24) is 24.8 Å². The van der Waals surface area contributed by atoms with Gasteiger partial charge >= 0.3 is 0 Å². The predicted octanol–water partition coefficient (Wildman–Crippen LogP) is 6.19. The van der Waals surface area contributed by atoms with Gasteiger partial charge in [0.15, 0.2) is 13.9 Å². The molecule has 2 aromatic heterocycles. The summed E-state index contributed by atoms with van der Waals surface area (Å²) in [4.78, 5) is 41.9. The van der Waals surface area contributed by atoms with E-state index in [-0.39, 0.29) is 42.0 Å². The van der Waals surface area contributed by atoms with E-state index in [0.717, 1.165) is 16.5 Å². The van der Waals surface area contributed by atoms with Crippen molar-refractivity contribution in [3.05, 3.63) is 147 Å². The highest BCUT2D eigenvalue weighted by molar-refractivity contribution is 6.71. The van der Waals surface area contributed by atoms with Crippen LogP contribution in [-0.2, 0) is 28.2 Å². The number of nitrogens with zero attached hydrogens (tertiary/aromatic N) is 6. The number of aryl methyl sites for hydroxylation is 1. The molecule has 1 amide bonds. The number of carbonyl (C=O) groups is 1. The summed E-state index contributed by atoms with van der Waals surface area (Å²) < 4.78 is 10.1. The lowest BCUT2D eigenvalue weighted by molar-refractivity contribution is -0.146. The van der Waals surface area contributed by atoms with E-state index in [1.165, 1.54) is 4.68 Å². The summed E-state index contributed by atoms with van der Waals surface area (Å²) in [5.41, 5.74) is 2.47. The minimum absolute atomic E-state index is 0.107. The second-order valence-corrected chi connectivity index (χ2v) is 19.3. The van der Waals surface area contributed by atoms with Crippen molar-refractivity contribution in [2.24, 2.45) is 5.92 Å². The van der Waals surface area contributed by atoms with Gasteiger partial charge in [0.2, 0.25) is 0 Å². The van der Waals surface area contributed by atoms with Gasteiger partial charge in [-0.15, -0.1) is 5.10 Å². The molecule has 0 aliphatic carbocycles. The molecular formula is C41H41ClN6O5Si. The largest absolute Gasteiger partial charge is 0.432 e. The Kier molecular flexibility index (Phi) is 9.35. The zero-order chi connectivity index (χ0) is 37.8. The molecule has 1 fully saturated rings. The summed E-state index contributed by atoms with van der Waals surface area (Å²) in [6, 6.07) is 29.9. The van der Waals surface area contributed by atoms with Crippen LogP contribution in [0.1, 0.15) is 41.6 Å². The van der Waals surface area contributed by atoms with Crippen LogP contribution in [0.2, 0.25) is 23.7 Å². The van der Waals surface area contributed by atoms with Crippen LogP contribution in [-0.4, -0.2) is 61.6 Å². The molecule has 276 valence electrons. The zero-order valence-corrected chi connectivity index (χ0v) is 32.0. The number of aliphatic hydroxyl groups is 1. The van der Waals surface area contributed by atoms with Crippen molar-refractivity contribution >= 4 is 42.3 Å². The summed E-state index contributed by atoms with van der Waals surface area (Å²) in [6.07, 6.45) is 3.52. The third-order valence-corrected chi connectivity index (χ3v) is 13.8. The molecule has 13 heteroatoms. The van der Waals surface area contributed by atoms with Gasteiger partial charge in [0.25, 0.3) is 11.5 Å². The van der Waals surface area contributed by atoms with Crippen LogP contribution in [0, 0.1) is 5.92 Å². The average molecular weight is 761 g/mol. The molecular weight excluding hydrogens is 720 g/mol. The Morgan fingerprint density at radius 3 is 2.54 bits per heavy atom. The van der Waals surface area contributed by atoms with Crippen LogP contribution >= 0.6 is 11.6 Å². The Hall–Kier alpha value is -4.98. The van der Waals surface area contributed by atoms with Gasteiger partial charge in [-0.05, 0) is 67.0 Å². The molecule has 0 radical (unpaired) electrons. The van der Waals surface area contributed by atoms with Gasteiger partial charge in [0.05, 0.1) is 53.8 Å². The molecule has 0 saturated carbocycles. The fraction of sp³-hybridized carbons (Fsp3) is 0.293. The van der Waals surface area contributed by atoms with Gasteiger partial charge in [-0.2, -0.15) is 9.78 Å². The van der Waals surface area contributed by atoms with Gasteiger partial charge in [-0.3, -0.25) is 14.3 Å². The van der Waals surface area contributed by atoms with Crippen molar-refractivity contribution in [1.29, 1.82) is 0 Å². The first kappa shape index (κ1) is 36.0. The summed E-state index contributed by atoms with van der Waals surface area (Å²) in [5.74, 6) is -0.906. The van der Waals surface area contributed by atoms with E-state index in [4.69, 9.17) is 16.3 Å². The quantitative estimate of drug-likeness (QED) is 0.158. The Balaban J connectivity index is 1.09. The molecule has 0 bridgehead atoms. The predicted molar refractivity (Wildman–Crippen MR) is 209 cm³/mol. The van der Waals surface area contributed by atoms with Crippen LogP contribution in [0.15, 0.2) is 114 Å². The van der Waals surface area contributed by atoms with E-state index >= 15 is 0 Å². The SMILES string of the molecule is C[C@H]1[C@H]([Si](C)(C)O)[C@@H](CCn2cc(C(CO)c3ccccc3)nn2)O[C@]12C(=O)N(Cc1cccc(-n3ncc4ccccc4c3=O)c1)c1ccc(Cl)cc12. The Bertz CT molecular complexity index is 2420. The number of aliphatic hydroxyl groups excluding tert-OH is 1. The fourth-order valence-corrected chi connectivity index (χ4v) is 11.4. The Morgan fingerprint density at radius 2 is 1.76 bits per heavy atom. The molecule has 2 aliphatic heterocycles. The number of halogens is 1. The molecule has 5 atom stereocenters. The van der Waals surface area contributed by atoms with Crippen LogP contribution in [0.3, 0.4) is 0 Å². The van der Waals surface area contributed by atoms with Crippen molar-refractivity contribution < 1.29 is 19.4 Å². The van der Waals surface area contributed by atoms with E-state index < -0.39 is 20.0 Å². The van der Waals surface area contributed by atoms with Crippen LogP contribution < -0.4 is 10.5 Å². The fourth-order valence-electron chi connectivity index (χ4n) is 8.62. The number of aromatic nitrogens is 5. The molecule has 4 aromatic carbocycles. The maximum absolute atomic E-state index is 15.0. The van der Waals surface area contributed by atoms with E-state index in [1.807, 2.05) is 111 Å². The third kappa shape index (κ3) is 6.17. The lowest BCUT2D eigenvalue weighted by Crippen LogP contribution is -2.46. The van der Waals surface area contributed by atoms with Crippen LogP contribution in [0.4, 0.5) is 5.69 Å². The van der Waals surface area contributed by atoms with Gasteiger partial charge in [0.1, 0.15) is 0 Å². The molecule has 4 heterocycles. The summed E-state index contributed by atoms with van der Waals surface area (Å²) >= 11 is 6.62. The summed E-state index contributed by atoms with van der Waals surface area (Å²) in [7, 11) is -2.92. The topological polar surface area (TPSA) is 136 Å². The lowest BCUT2D eigenvalue weighted by atomic mass is 9.82. The van der Waals surface area contributed by atoms with E-state index in [0.29, 0.717) is 46.0 Å². The number of hydrogen-bond acceptors (Lipinski definition) is 8. The first-order valence-electron chi connectivity index (χ1n) is 18.1. The van der Waals surface area contributed by atoms with Gasteiger partial charge in [-0.25, -0.2) is 0 Å². The second-order valence-electron chi connectivity index (χ2n) is 14.9. The molecule has 1 spiro atoms. The summed E-state index contributed by atoms with van der Waals surface area (Å²) in [5, 5.41) is 25.2. The molecule has 6 aromatic rings. The zero-order valence-electron chi connectivity index (χ0n) is 30.2. The monoisotopic (exact) mass is 760 g/mol. The molecule has 2 aliphatic rings. The van der Waals surface area contributed by atoms with Gasteiger partial charge < -0.3 is 19.5 Å². The van der Waals surface area contributed by atoms with Crippen molar-refractivity contribution in [2.45, 2.75) is 62.7 Å². The molecule has 11 nitrogen and oxygen atoms in total. The number of anilines is 1. The first-order valence-corrected chi connectivity index (χ1v) is 21.5. The van der Waals surface area contributed by atoms with Crippen molar-refractivity contribution in [3.8, 4) is 5.69 Å². The number of ether oxygens (including phenoxy) is 1. The maximum atomic E-state index is 15.0.